The third kappa shape index (κ3) is 4.06. The van der Waals surface area contributed by atoms with Gasteiger partial charge in [0.25, 0.3) is 0 Å². The maximum atomic E-state index is 12.5. The van der Waals surface area contributed by atoms with Crippen molar-refractivity contribution in [2.24, 2.45) is 5.92 Å². The second-order valence-corrected chi connectivity index (χ2v) is 6.85. The van der Waals surface area contributed by atoms with Crippen LogP contribution in [0.1, 0.15) is 46.0 Å². The van der Waals surface area contributed by atoms with E-state index in [-0.39, 0.29) is 37.0 Å². The van der Waals surface area contributed by atoms with Gasteiger partial charge in [-0.05, 0) is 25.5 Å². The van der Waals surface area contributed by atoms with Gasteiger partial charge in [0.05, 0.1) is 5.92 Å². The molecule has 2 unspecified atom stereocenters. The number of ether oxygens (including phenoxy) is 2. The molecule has 1 N–H and O–H groups in total. The molecule has 6 heteroatoms. The summed E-state index contributed by atoms with van der Waals surface area (Å²) in [5.41, 5.74) is 0.751. The first kappa shape index (κ1) is 17.6. The van der Waals surface area contributed by atoms with Gasteiger partial charge in [0.15, 0.2) is 11.5 Å². The highest BCUT2D eigenvalue weighted by molar-refractivity contribution is 6.00. The molecule has 2 heterocycles. The molecular weight excluding hydrogens is 320 g/mol. The van der Waals surface area contributed by atoms with Crippen molar-refractivity contribution in [1.82, 2.24) is 5.32 Å². The zero-order chi connectivity index (χ0) is 17.8. The van der Waals surface area contributed by atoms with Gasteiger partial charge in [-0.25, -0.2) is 0 Å². The third-order valence-electron chi connectivity index (χ3n) is 4.79. The second kappa shape index (κ2) is 7.76. The van der Waals surface area contributed by atoms with Crippen LogP contribution in [0, 0.1) is 5.92 Å². The minimum atomic E-state index is -0.299. The molecule has 3 rings (SSSR count). The molecule has 0 bridgehead atoms. The van der Waals surface area contributed by atoms with Crippen molar-refractivity contribution in [2.75, 3.05) is 18.2 Å². The van der Waals surface area contributed by atoms with Crippen LogP contribution >= 0.6 is 0 Å². The van der Waals surface area contributed by atoms with Crippen LogP contribution in [0.5, 0.6) is 11.5 Å². The molecule has 136 valence electrons. The Morgan fingerprint density at radius 2 is 2.12 bits per heavy atom. The third-order valence-corrected chi connectivity index (χ3v) is 4.79. The van der Waals surface area contributed by atoms with Crippen molar-refractivity contribution >= 4 is 17.5 Å². The summed E-state index contributed by atoms with van der Waals surface area (Å²) in [4.78, 5) is 26.5. The summed E-state index contributed by atoms with van der Waals surface area (Å²) in [6.07, 6.45) is 4.70. The monoisotopic (exact) mass is 346 g/mol. The number of fused-ring (bicyclic) bond motifs is 1. The van der Waals surface area contributed by atoms with Gasteiger partial charge in [-0.3, -0.25) is 9.59 Å². The second-order valence-electron chi connectivity index (χ2n) is 6.85. The van der Waals surface area contributed by atoms with Crippen molar-refractivity contribution in [2.45, 2.75) is 52.0 Å². The molecule has 1 aromatic rings. The van der Waals surface area contributed by atoms with Gasteiger partial charge in [0, 0.05) is 30.8 Å². The number of benzene rings is 1. The molecule has 25 heavy (non-hydrogen) atoms. The predicted octanol–water partition coefficient (Wildman–Crippen LogP) is 2.85. The standard InChI is InChI=1S/C19H26N2O4/c1-3-4-5-6-13(2)20-19(23)14-9-18(22)21(11-14)15-7-8-16-17(10-15)25-12-24-16/h7-8,10,13-14H,3-6,9,11-12H2,1-2H3,(H,20,23). The Balaban J connectivity index is 1.57. The number of hydrogen-bond acceptors (Lipinski definition) is 4. The number of carbonyl (C=O) groups is 2. The van der Waals surface area contributed by atoms with E-state index >= 15 is 0 Å². The number of rotatable bonds is 7. The van der Waals surface area contributed by atoms with Crippen LogP contribution in [0.25, 0.3) is 0 Å². The molecular formula is C19H26N2O4. The molecule has 0 aliphatic carbocycles. The summed E-state index contributed by atoms with van der Waals surface area (Å²) in [5, 5.41) is 3.05. The van der Waals surface area contributed by atoms with Gasteiger partial charge in [0.1, 0.15) is 0 Å². The minimum absolute atomic E-state index is 0.0272. The van der Waals surface area contributed by atoms with Crippen LogP contribution in [-0.4, -0.2) is 31.2 Å². The average molecular weight is 346 g/mol. The smallest absolute Gasteiger partial charge is 0.231 e. The first-order valence-electron chi connectivity index (χ1n) is 9.09. The normalized spacial score (nSPS) is 20.0. The number of carbonyl (C=O) groups excluding carboxylic acids is 2. The number of hydrogen-bond donors (Lipinski definition) is 1. The Morgan fingerprint density at radius 1 is 1.32 bits per heavy atom. The van der Waals surface area contributed by atoms with Crippen LogP contribution < -0.4 is 19.7 Å². The Hall–Kier alpha value is -2.24. The van der Waals surface area contributed by atoms with Crippen LogP contribution in [0.2, 0.25) is 0 Å². The summed E-state index contributed by atoms with van der Waals surface area (Å²) >= 11 is 0. The summed E-state index contributed by atoms with van der Waals surface area (Å²) in [5.74, 6) is 0.970. The SMILES string of the molecule is CCCCCC(C)NC(=O)C1CC(=O)N(c2ccc3c(c2)OCO3)C1. The molecule has 2 aliphatic rings. The van der Waals surface area contributed by atoms with Crippen molar-refractivity contribution in [3.63, 3.8) is 0 Å². The van der Waals surface area contributed by atoms with Crippen LogP contribution in [0.3, 0.4) is 0 Å². The first-order chi connectivity index (χ1) is 12.1. The lowest BCUT2D eigenvalue weighted by Crippen LogP contribution is -2.38. The number of unbranched alkanes of at least 4 members (excludes halogenated alkanes) is 2. The van der Waals surface area contributed by atoms with Crippen LogP contribution in [-0.2, 0) is 9.59 Å². The average Bonchev–Trinajstić information content (AvgIpc) is 3.20. The molecule has 2 amide bonds. The van der Waals surface area contributed by atoms with E-state index in [9.17, 15) is 9.59 Å². The zero-order valence-corrected chi connectivity index (χ0v) is 14.9. The molecule has 2 aliphatic heterocycles. The van der Waals surface area contributed by atoms with E-state index in [1.54, 1.807) is 17.0 Å². The molecule has 1 saturated heterocycles. The Labute approximate surface area is 148 Å². The van der Waals surface area contributed by atoms with Crippen LogP contribution in [0.15, 0.2) is 18.2 Å². The molecule has 0 radical (unpaired) electrons. The predicted molar refractivity (Wildman–Crippen MR) is 94.8 cm³/mol. The molecule has 6 nitrogen and oxygen atoms in total. The highest BCUT2D eigenvalue weighted by atomic mass is 16.7. The maximum absolute atomic E-state index is 12.5. The first-order valence-corrected chi connectivity index (χ1v) is 9.09. The lowest BCUT2D eigenvalue weighted by Gasteiger charge is -2.19. The number of anilines is 1. The van der Waals surface area contributed by atoms with Crippen molar-refractivity contribution in [1.29, 1.82) is 0 Å². The van der Waals surface area contributed by atoms with E-state index < -0.39 is 0 Å². The highest BCUT2D eigenvalue weighted by Crippen LogP contribution is 2.37. The van der Waals surface area contributed by atoms with E-state index in [0.717, 1.165) is 18.5 Å². The zero-order valence-electron chi connectivity index (χ0n) is 14.9. The van der Waals surface area contributed by atoms with Gasteiger partial charge < -0.3 is 19.7 Å². The van der Waals surface area contributed by atoms with E-state index in [1.165, 1.54) is 12.8 Å². The van der Waals surface area contributed by atoms with Crippen molar-refractivity contribution in [3.05, 3.63) is 18.2 Å². The molecule has 1 aromatic carbocycles. The summed E-state index contributed by atoms with van der Waals surface area (Å²) in [7, 11) is 0. The van der Waals surface area contributed by atoms with E-state index in [4.69, 9.17) is 9.47 Å². The summed E-state index contributed by atoms with van der Waals surface area (Å²) in [6, 6.07) is 5.58. The molecule has 0 aromatic heterocycles. The van der Waals surface area contributed by atoms with Gasteiger partial charge in [-0.1, -0.05) is 26.2 Å². The summed E-state index contributed by atoms with van der Waals surface area (Å²) < 4.78 is 10.7. The van der Waals surface area contributed by atoms with E-state index in [1.807, 2.05) is 13.0 Å². The topological polar surface area (TPSA) is 67.9 Å². The van der Waals surface area contributed by atoms with Gasteiger partial charge >= 0.3 is 0 Å². The quantitative estimate of drug-likeness (QED) is 0.771. The number of nitrogens with zero attached hydrogens (tertiary/aromatic N) is 1. The summed E-state index contributed by atoms with van der Waals surface area (Å²) in [6.45, 7) is 4.80. The lowest BCUT2D eigenvalue weighted by molar-refractivity contribution is -0.126. The Kier molecular flexibility index (Phi) is 5.46. The van der Waals surface area contributed by atoms with Gasteiger partial charge in [-0.15, -0.1) is 0 Å². The fourth-order valence-electron chi connectivity index (χ4n) is 3.32. The van der Waals surface area contributed by atoms with E-state index in [2.05, 4.69) is 12.2 Å². The lowest BCUT2D eigenvalue weighted by atomic mass is 10.1. The minimum Gasteiger partial charge on any atom is -0.454 e. The highest BCUT2D eigenvalue weighted by Gasteiger charge is 2.36. The largest absolute Gasteiger partial charge is 0.454 e. The Morgan fingerprint density at radius 3 is 2.92 bits per heavy atom. The molecule has 0 spiro atoms. The van der Waals surface area contributed by atoms with Gasteiger partial charge in [0.2, 0.25) is 18.6 Å². The number of amides is 2. The molecule has 1 fully saturated rings. The van der Waals surface area contributed by atoms with Crippen molar-refractivity contribution < 1.29 is 19.1 Å². The Bertz CT molecular complexity index is 646. The number of nitrogens with one attached hydrogen (secondary N) is 1. The molecule has 2 atom stereocenters. The maximum Gasteiger partial charge on any atom is 0.231 e. The fraction of sp³-hybridized carbons (Fsp3) is 0.579. The van der Waals surface area contributed by atoms with E-state index in [0.29, 0.717) is 18.0 Å². The fourth-order valence-corrected chi connectivity index (χ4v) is 3.32. The molecule has 0 saturated carbocycles. The van der Waals surface area contributed by atoms with Gasteiger partial charge in [-0.2, -0.15) is 0 Å². The van der Waals surface area contributed by atoms with Crippen molar-refractivity contribution in [3.8, 4) is 11.5 Å². The van der Waals surface area contributed by atoms with Crippen LogP contribution in [0.4, 0.5) is 5.69 Å².